The summed E-state index contributed by atoms with van der Waals surface area (Å²) in [6.07, 6.45) is 2.28. The molecule has 1 aromatic carbocycles. The first kappa shape index (κ1) is 16.5. The zero-order valence-electron chi connectivity index (χ0n) is 11.7. The minimum Gasteiger partial charge on any atom is -0.330 e. The number of carbonyl (C=O) groups is 1. The van der Waals surface area contributed by atoms with Gasteiger partial charge in [0.15, 0.2) is 0 Å². The van der Waals surface area contributed by atoms with E-state index in [-0.39, 0.29) is 11.8 Å². The smallest absolute Gasteiger partial charge is 0.229 e. The van der Waals surface area contributed by atoms with Crippen molar-refractivity contribution in [1.82, 2.24) is 0 Å². The van der Waals surface area contributed by atoms with Gasteiger partial charge in [0.2, 0.25) is 15.9 Å². The average molecular weight is 299 g/mol. The van der Waals surface area contributed by atoms with Gasteiger partial charge >= 0.3 is 0 Å². The molecular weight excluding hydrogens is 278 g/mol. The van der Waals surface area contributed by atoms with Gasteiger partial charge < -0.3 is 11.1 Å². The molecule has 4 N–H and O–H groups in total. The Morgan fingerprint density at radius 1 is 1.35 bits per heavy atom. The average Bonchev–Trinajstić information content (AvgIpc) is 2.34. The highest BCUT2D eigenvalue weighted by Crippen LogP contribution is 2.17. The number of benzene rings is 1. The Balaban J connectivity index is 2.68. The van der Waals surface area contributed by atoms with Crippen LogP contribution in [0, 0.1) is 5.92 Å². The SMILES string of the molecule is CCC(CN)CC(=O)Nc1cccc(NS(C)(=O)=O)c1. The molecule has 0 aliphatic heterocycles. The molecule has 112 valence electrons. The van der Waals surface area contributed by atoms with Crippen LogP contribution >= 0.6 is 0 Å². The number of carbonyl (C=O) groups excluding carboxylic acids is 1. The molecule has 0 saturated heterocycles. The molecule has 0 aromatic heterocycles. The fourth-order valence-corrected chi connectivity index (χ4v) is 2.30. The monoisotopic (exact) mass is 299 g/mol. The summed E-state index contributed by atoms with van der Waals surface area (Å²) in [5.41, 5.74) is 6.53. The van der Waals surface area contributed by atoms with Crippen molar-refractivity contribution in [3.63, 3.8) is 0 Å². The van der Waals surface area contributed by atoms with E-state index in [2.05, 4.69) is 10.0 Å². The van der Waals surface area contributed by atoms with Gasteiger partial charge in [0.25, 0.3) is 0 Å². The fourth-order valence-electron chi connectivity index (χ4n) is 1.74. The molecule has 7 heteroatoms. The zero-order valence-corrected chi connectivity index (χ0v) is 12.5. The molecule has 0 saturated carbocycles. The standard InChI is InChI=1S/C13H21N3O3S/c1-3-10(9-14)7-13(17)15-11-5-4-6-12(8-11)16-20(2,18)19/h4-6,8,10,16H,3,7,9,14H2,1-2H3,(H,15,17). The second-order valence-corrected chi connectivity index (χ2v) is 6.47. The van der Waals surface area contributed by atoms with Crippen molar-refractivity contribution in [2.24, 2.45) is 11.7 Å². The van der Waals surface area contributed by atoms with Gasteiger partial charge in [0.1, 0.15) is 0 Å². The summed E-state index contributed by atoms with van der Waals surface area (Å²) in [7, 11) is -3.33. The number of amides is 1. The first-order chi connectivity index (χ1) is 9.34. The maximum atomic E-state index is 11.8. The summed E-state index contributed by atoms with van der Waals surface area (Å²) in [4.78, 5) is 11.8. The molecule has 1 atom stereocenters. The number of nitrogens with one attached hydrogen (secondary N) is 2. The van der Waals surface area contributed by atoms with Gasteiger partial charge in [-0.3, -0.25) is 9.52 Å². The van der Waals surface area contributed by atoms with Crippen LogP contribution in [0.3, 0.4) is 0 Å². The second kappa shape index (κ2) is 7.25. The van der Waals surface area contributed by atoms with Crippen molar-refractivity contribution in [3.8, 4) is 0 Å². The van der Waals surface area contributed by atoms with Gasteiger partial charge in [-0.2, -0.15) is 0 Å². The number of anilines is 2. The lowest BCUT2D eigenvalue weighted by atomic mass is 10.0. The Hall–Kier alpha value is -1.60. The minimum atomic E-state index is -3.33. The molecular formula is C13H21N3O3S. The summed E-state index contributed by atoms with van der Waals surface area (Å²) in [5, 5.41) is 2.74. The van der Waals surface area contributed by atoms with E-state index in [1.54, 1.807) is 24.3 Å². The molecule has 1 aromatic rings. The molecule has 0 fully saturated rings. The summed E-state index contributed by atoms with van der Waals surface area (Å²) in [5.74, 6) is 0.0335. The van der Waals surface area contributed by atoms with Crippen LogP contribution < -0.4 is 15.8 Å². The predicted molar refractivity (Wildman–Crippen MR) is 81.0 cm³/mol. The first-order valence-corrected chi connectivity index (χ1v) is 8.31. The van der Waals surface area contributed by atoms with Gasteiger partial charge in [-0.25, -0.2) is 8.42 Å². The lowest BCUT2D eigenvalue weighted by Crippen LogP contribution is -2.21. The van der Waals surface area contributed by atoms with Crippen LogP contribution in [0.1, 0.15) is 19.8 Å². The van der Waals surface area contributed by atoms with Crippen LogP contribution in [-0.2, 0) is 14.8 Å². The normalized spacial score (nSPS) is 12.8. The van der Waals surface area contributed by atoms with E-state index in [4.69, 9.17) is 5.73 Å². The number of hydrogen-bond acceptors (Lipinski definition) is 4. The Morgan fingerprint density at radius 3 is 2.55 bits per heavy atom. The van der Waals surface area contributed by atoms with Crippen LogP contribution in [0.4, 0.5) is 11.4 Å². The van der Waals surface area contributed by atoms with Crippen LogP contribution in [-0.4, -0.2) is 27.1 Å². The molecule has 1 amide bonds. The van der Waals surface area contributed by atoms with E-state index in [1.165, 1.54) is 0 Å². The summed E-state index contributed by atoms with van der Waals surface area (Å²) < 4.78 is 24.6. The molecule has 0 aliphatic carbocycles. The Kier molecular flexibility index (Phi) is 5.97. The topological polar surface area (TPSA) is 101 Å². The molecule has 1 rings (SSSR count). The fraction of sp³-hybridized carbons (Fsp3) is 0.462. The Bertz CT molecular complexity index is 554. The van der Waals surface area contributed by atoms with Crippen molar-refractivity contribution in [1.29, 1.82) is 0 Å². The lowest BCUT2D eigenvalue weighted by Gasteiger charge is -2.12. The maximum absolute atomic E-state index is 11.8. The largest absolute Gasteiger partial charge is 0.330 e. The second-order valence-electron chi connectivity index (χ2n) is 4.72. The first-order valence-electron chi connectivity index (χ1n) is 6.41. The van der Waals surface area contributed by atoms with E-state index in [0.29, 0.717) is 24.3 Å². The van der Waals surface area contributed by atoms with Gasteiger partial charge in [-0.15, -0.1) is 0 Å². The summed E-state index contributed by atoms with van der Waals surface area (Å²) >= 11 is 0. The van der Waals surface area contributed by atoms with Crippen molar-refractivity contribution in [3.05, 3.63) is 24.3 Å². The Labute approximate surface area is 119 Å². The highest BCUT2D eigenvalue weighted by atomic mass is 32.2. The van der Waals surface area contributed by atoms with E-state index in [1.807, 2.05) is 6.92 Å². The third-order valence-corrected chi connectivity index (χ3v) is 3.44. The maximum Gasteiger partial charge on any atom is 0.229 e. The summed E-state index contributed by atoms with van der Waals surface area (Å²) in [6.45, 7) is 2.46. The van der Waals surface area contributed by atoms with Crippen LogP contribution in [0.15, 0.2) is 24.3 Å². The van der Waals surface area contributed by atoms with Crippen molar-refractivity contribution in [2.45, 2.75) is 19.8 Å². The van der Waals surface area contributed by atoms with Gasteiger partial charge in [-0.05, 0) is 30.7 Å². The number of rotatable bonds is 7. The lowest BCUT2D eigenvalue weighted by molar-refractivity contribution is -0.117. The van der Waals surface area contributed by atoms with Crippen molar-refractivity contribution in [2.75, 3.05) is 22.8 Å². The van der Waals surface area contributed by atoms with Crippen LogP contribution in [0.5, 0.6) is 0 Å². The molecule has 0 radical (unpaired) electrons. The molecule has 1 unspecified atom stereocenters. The van der Waals surface area contributed by atoms with Gasteiger partial charge in [0.05, 0.1) is 11.9 Å². The molecule has 0 bridgehead atoms. The highest BCUT2D eigenvalue weighted by molar-refractivity contribution is 7.92. The van der Waals surface area contributed by atoms with Crippen LogP contribution in [0.2, 0.25) is 0 Å². The van der Waals surface area contributed by atoms with Gasteiger partial charge in [0, 0.05) is 12.1 Å². The quantitative estimate of drug-likeness (QED) is 0.707. The van der Waals surface area contributed by atoms with E-state index in [0.717, 1.165) is 12.7 Å². The van der Waals surface area contributed by atoms with E-state index < -0.39 is 10.0 Å². The van der Waals surface area contributed by atoms with Crippen LogP contribution in [0.25, 0.3) is 0 Å². The third-order valence-electron chi connectivity index (χ3n) is 2.83. The van der Waals surface area contributed by atoms with Crippen molar-refractivity contribution >= 4 is 27.3 Å². The van der Waals surface area contributed by atoms with Gasteiger partial charge in [-0.1, -0.05) is 19.4 Å². The van der Waals surface area contributed by atoms with E-state index >= 15 is 0 Å². The molecule has 0 spiro atoms. The Morgan fingerprint density at radius 2 is 2.00 bits per heavy atom. The van der Waals surface area contributed by atoms with E-state index in [9.17, 15) is 13.2 Å². The molecule has 20 heavy (non-hydrogen) atoms. The summed E-state index contributed by atoms with van der Waals surface area (Å²) in [6, 6.07) is 6.56. The number of sulfonamides is 1. The highest BCUT2D eigenvalue weighted by Gasteiger charge is 2.11. The number of nitrogens with two attached hydrogens (primary N) is 1. The van der Waals surface area contributed by atoms with Crippen molar-refractivity contribution < 1.29 is 13.2 Å². The molecule has 0 heterocycles. The third kappa shape index (κ3) is 6.03. The minimum absolute atomic E-state index is 0.126. The molecule has 0 aliphatic rings. The predicted octanol–water partition coefficient (Wildman–Crippen LogP) is 1.37. The molecule has 6 nitrogen and oxygen atoms in total. The zero-order chi connectivity index (χ0) is 15.2. The number of hydrogen-bond donors (Lipinski definition) is 3.